The smallest absolute Gasteiger partial charge is 0.337 e. The van der Waals surface area contributed by atoms with Crippen LogP contribution in [-0.2, 0) is 4.74 Å². The van der Waals surface area contributed by atoms with Crippen molar-refractivity contribution in [3.63, 3.8) is 0 Å². The van der Waals surface area contributed by atoms with Crippen molar-refractivity contribution in [2.24, 2.45) is 9.98 Å². The van der Waals surface area contributed by atoms with Gasteiger partial charge in [0, 0.05) is 5.69 Å². The molecule has 0 saturated carbocycles. The Hall–Kier alpha value is -2.69. The van der Waals surface area contributed by atoms with E-state index in [1.165, 1.54) is 7.11 Å². The number of esters is 1. The first-order valence-electron chi connectivity index (χ1n) is 6.58. The Balaban J connectivity index is 1.96. The summed E-state index contributed by atoms with van der Waals surface area (Å²) in [7, 11) is 1.36. The van der Waals surface area contributed by atoms with E-state index < -0.39 is 0 Å². The van der Waals surface area contributed by atoms with Crippen molar-refractivity contribution in [2.75, 3.05) is 12.8 Å². The van der Waals surface area contributed by atoms with Crippen LogP contribution in [-0.4, -0.2) is 13.1 Å². The van der Waals surface area contributed by atoms with Gasteiger partial charge in [-0.1, -0.05) is 12.1 Å². The molecule has 1 heterocycles. The standard InChI is InChI=1S/C16H15N3O2/c1-9-7-13-14(8-12(9)17)19-15(18-13)10-3-5-11(6-4-10)16(20)21-2/h3-8,15H,17H2,1-2H3/t15-/m1/s1. The molecule has 1 atom stereocenters. The van der Waals surface area contributed by atoms with Crippen molar-refractivity contribution in [3.8, 4) is 0 Å². The van der Waals surface area contributed by atoms with E-state index in [1.807, 2.05) is 31.2 Å². The maximum Gasteiger partial charge on any atom is 0.337 e. The van der Waals surface area contributed by atoms with Gasteiger partial charge in [-0.2, -0.15) is 0 Å². The highest BCUT2D eigenvalue weighted by molar-refractivity contribution is 5.89. The molecule has 2 aromatic carbocycles. The number of carbonyl (C=O) groups is 1. The van der Waals surface area contributed by atoms with E-state index in [0.29, 0.717) is 5.56 Å². The van der Waals surface area contributed by atoms with E-state index in [2.05, 4.69) is 14.7 Å². The summed E-state index contributed by atoms with van der Waals surface area (Å²) >= 11 is 0. The Bertz CT molecular complexity index is 785. The molecule has 0 aliphatic carbocycles. The van der Waals surface area contributed by atoms with Crippen LogP contribution in [0, 0.1) is 6.92 Å². The van der Waals surface area contributed by atoms with Gasteiger partial charge in [0.2, 0.25) is 0 Å². The van der Waals surface area contributed by atoms with Gasteiger partial charge in [0.1, 0.15) is 0 Å². The lowest BCUT2D eigenvalue weighted by Gasteiger charge is -2.05. The topological polar surface area (TPSA) is 77.0 Å². The van der Waals surface area contributed by atoms with Crippen LogP contribution in [0.25, 0.3) is 0 Å². The number of ether oxygens (including phenoxy) is 1. The number of rotatable bonds is 2. The van der Waals surface area contributed by atoms with E-state index in [4.69, 9.17) is 5.73 Å². The number of hydrogen-bond acceptors (Lipinski definition) is 5. The van der Waals surface area contributed by atoms with Crippen molar-refractivity contribution in [3.05, 3.63) is 63.8 Å². The Morgan fingerprint density at radius 1 is 1.14 bits per heavy atom. The average molecular weight is 281 g/mol. The highest BCUT2D eigenvalue weighted by atomic mass is 16.5. The summed E-state index contributed by atoms with van der Waals surface area (Å²) in [4.78, 5) is 20.6. The predicted octanol–water partition coefficient (Wildman–Crippen LogP) is 1.32. The number of nitrogens with zero attached hydrogens (tertiary/aromatic N) is 2. The van der Waals surface area contributed by atoms with E-state index >= 15 is 0 Å². The summed E-state index contributed by atoms with van der Waals surface area (Å²) in [5.74, 6) is -0.353. The third-order valence-electron chi connectivity index (χ3n) is 3.52. The number of benzene rings is 2. The third-order valence-corrected chi connectivity index (χ3v) is 3.52. The lowest BCUT2D eigenvalue weighted by Crippen LogP contribution is -2.22. The van der Waals surface area contributed by atoms with Gasteiger partial charge in [0.05, 0.1) is 23.4 Å². The molecular weight excluding hydrogens is 266 g/mol. The van der Waals surface area contributed by atoms with Gasteiger partial charge >= 0.3 is 5.97 Å². The summed E-state index contributed by atoms with van der Waals surface area (Å²) in [6, 6.07) is 10.9. The minimum absolute atomic E-state index is 0.284. The van der Waals surface area contributed by atoms with Crippen LogP contribution in [0.4, 0.5) is 5.69 Å². The van der Waals surface area contributed by atoms with Crippen molar-refractivity contribution >= 4 is 11.7 Å². The molecule has 106 valence electrons. The number of anilines is 1. The number of fused-ring (bicyclic) bond motifs is 1. The van der Waals surface area contributed by atoms with E-state index in [1.54, 1.807) is 12.1 Å². The SMILES string of the molecule is COC(=O)c1ccc([C@@H]2N=c3cc(C)c(N)cc3=N2)cc1. The molecule has 0 bridgehead atoms. The maximum atomic E-state index is 11.4. The first-order chi connectivity index (χ1) is 10.1. The van der Waals surface area contributed by atoms with Crippen LogP contribution < -0.4 is 16.4 Å². The quantitative estimate of drug-likeness (QED) is 0.666. The Labute approximate surface area is 121 Å². The molecule has 0 unspecified atom stereocenters. The molecule has 5 nitrogen and oxygen atoms in total. The van der Waals surface area contributed by atoms with Crippen molar-refractivity contribution in [2.45, 2.75) is 13.1 Å². The number of aryl methyl sites for hydroxylation is 1. The molecule has 5 heteroatoms. The van der Waals surface area contributed by atoms with Crippen LogP contribution in [0.15, 0.2) is 46.4 Å². The molecule has 0 fully saturated rings. The normalized spacial score (nSPS) is 15.8. The van der Waals surface area contributed by atoms with Gasteiger partial charge in [-0.3, -0.25) is 9.98 Å². The molecule has 3 rings (SSSR count). The van der Waals surface area contributed by atoms with E-state index in [-0.39, 0.29) is 12.1 Å². The van der Waals surface area contributed by atoms with Gasteiger partial charge in [-0.25, -0.2) is 4.79 Å². The minimum Gasteiger partial charge on any atom is -0.465 e. The van der Waals surface area contributed by atoms with Gasteiger partial charge in [0.15, 0.2) is 6.17 Å². The monoisotopic (exact) mass is 281 g/mol. The Kier molecular flexibility index (Phi) is 3.17. The zero-order valence-electron chi connectivity index (χ0n) is 11.8. The second-order valence-electron chi connectivity index (χ2n) is 4.94. The summed E-state index contributed by atoms with van der Waals surface area (Å²) in [6.07, 6.45) is -0.284. The van der Waals surface area contributed by atoms with Crippen molar-refractivity contribution in [1.29, 1.82) is 0 Å². The maximum absolute atomic E-state index is 11.4. The summed E-state index contributed by atoms with van der Waals surface area (Å²) in [5.41, 5.74) is 9.04. The number of nitrogen functional groups attached to an aromatic ring is 1. The molecule has 0 radical (unpaired) electrons. The minimum atomic E-state index is -0.353. The summed E-state index contributed by atoms with van der Waals surface area (Å²) in [6.45, 7) is 1.95. The fraction of sp³-hybridized carbons (Fsp3) is 0.188. The first-order valence-corrected chi connectivity index (χ1v) is 6.58. The zero-order chi connectivity index (χ0) is 15.0. The molecule has 1 aliphatic rings. The molecule has 1 aliphatic heterocycles. The van der Waals surface area contributed by atoms with Crippen molar-refractivity contribution in [1.82, 2.24) is 0 Å². The molecule has 21 heavy (non-hydrogen) atoms. The molecule has 0 aromatic heterocycles. The van der Waals surface area contributed by atoms with Gasteiger partial charge in [0.25, 0.3) is 0 Å². The first kappa shape index (κ1) is 13.3. The summed E-state index contributed by atoms with van der Waals surface area (Å²) < 4.78 is 4.68. The number of methoxy groups -OCH3 is 1. The summed E-state index contributed by atoms with van der Waals surface area (Å²) in [5, 5.41) is 1.66. The highest BCUT2D eigenvalue weighted by Crippen LogP contribution is 2.20. The highest BCUT2D eigenvalue weighted by Gasteiger charge is 2.14. The molecular formula is C16H15N3O2. The molecule has 2 aromatic rings. The zero-order valence-corrected chi connectivity index (χ0v) is 11.8. The van der Waals surface area contributed by atoms with Crippen LogP contribution >= 0.6 is 0 Å². The van der Waals surface area contributed by atoms with Gasteiger partial charge < -0.3 is 10.5 Å². The van der Waals surface area contributed by atoms with Gasteiger partial charge in [-0.05, 0) is 42.3 Å². The fourth-order valence-corrected chi connectivity index (χ4v) is 2.25. The second-order valence-corrected chi connectivity index (χ2v) is 4.94. The lowest BCUT2D eigenvalue weighted by atomic mass is 10.1. The second kappa shape index (κ2) is 5.01. The third kappa shape index (κ3) is 2.38. The molecule has 0 saturated heterocycles. The van der Waals surface area contributed by atoms with Crippen LogP contribution in [0.3, 0.4) is 0 Å². The molecule has 0 spiro atoms. The largest absolute Gasteiger partial charge is 0.465 e. The number of carbonyl (C=O) groups excluding carboxylic acids is 1. The fourth-order valence-electron chi connectivity index (χ4n) is 2.25. The average Bonchev–Trinajstić information content (AvgIpc) is 2.90. The van der Waals surface area contributed by atoms with Crippen molar-refractivity contribution < 1.29 is 9.53 Å². The van der Waals surface area contributed by atoms with Gasteiger partial charge in [-0.15, -0.1) is 0 Å². The van der Waals surface area contributed by atoms with Crippen LogP contribution in [0.1, 0.15) is 27.7 Å². The van der Waals surface area contributed by atoms with E-state index in [0.717, 1.165) is 27.5 Å². The van der Waals surface area contributed by atoms with Crippen LogP contribution in [0.2, 0.25) is 0 Å². The molecule has 2 N–H and O–H groups in total. The number of hydrogen-bond donors (Lipinski definition) is 1. The Morgan fingerprint density at radius 3 is 2.38 bits per heavy atom. The lowest BCUT2D eigenvalue weighted by molar-refractivity contribution is 0.0600. The predicted molar refractivity (Wildman–Crippen MR) is 78.4 cm³/mol. The Morgan fingerprint density at radius 2 is 1.76 bits per heavy atom. The van der Waals surface area contributed by atoms with Crippen LogP contribution in [0.5, 0.6) is 0 Å². The molecule has 0 amide bonds. The van der Waals surface area contributed by atoms with E-state index in [9.17, 15) is 4.79 Å². The number of nitrogens with two attached hydrogens (primary N) is 1.